The second kappa shape index (κ2) is 6.57. The molecule has 2 heterocycles. The van der Waals surface area contributed by atoms with E-state index in [2.05, 4.69) is 35.9 Å². The number of aromatic nitrogens is 2. The van der Waals surface area contributed by atoms with Crippen molar-refractivity contribution in [2.45, 2.75) is 45.4 Å². The number of nitrogens with zero attached hydrogens (tertiary/aromatic N) is 3. The molecule has 4 nitrogen and oxygen atoms in total. The highest BCUT2D eigenvalue weighted by atomic mass is 32.2. The Morgan fingerprint density at radius 2 is 2.05 bits per heavy atom. The van der Waals surface area contributed by atoms with Gasteiger partial charge in [-0.25, -0.2) is 0 Å². The lowest BCUT2D eigenvalue weighted by Crippen LogP contribution is -2.38. The second-order valence-electron chi connectivity index (χ2n) is 4.97. The summed E-state index contributed by atoms with van der Waals surface area (Å²) in [5, 5.41) is 9.55. The molecule has 0 spiro atoms. The zero-order valence-electron chi connectivity index (χ0n) is 12.1. The van der Waals surface area contributed by atoms with E-state index in [1.54, 1.807) is 0 Å². The van der Waals surface area contributed by atoms with Gasteiger partial charge in [-0.2, -0.15) is 16.9 Å². The van der Waals surface area contributed by atoms with E-state index in [9.17, 15) is 0 Å². The molecule has 0 radical (unpaired) electrons. The molecule has 1 atom stereocenters. The summed E-state index contributed by atoms with van der Waals surface area (Å²) in [7, 11) is 0. The third-order valence-corrected chi connectivity index (χ3v) is 4.82. The number of hydrogen-bond acceptors (Lipinski definition) is 5. The Balaban J connectivity index is 2.39. The van der Waals surface area contributed by atoms with Gasteiger partial charge in [0.15, 0.2) is 5.82 Å². The van der Waals surface area contributed by atoms with Gasteiger partial charge in [0.2, 0.25) is 0 Å². The molecule has 1 aliphatic rings. The largest absolute Gasteiger partial charge is 0.353 e. The molecule has 0 saturated carbocycles. The zero-order valence-corrected chi connectivity index (χ0v) is 13.0. The van der Waals surface area contributed by atoms with E-state index in [0.29, 0.717) is 11.8 Å². The van der Waals surface area contributed by atoms with E-state index in [1.807, 2.05) is 11.8 Å². The van der Waals surface area contributed by atoms with Gasteiger partial charge in [0, 0.05) is 36.2 Å². The number of rotatable bonds is 4. The summed E-state index contributed by atoms with van der Waals surface area (Å²) in [5.41, 5.74) is 9.60. The Bertz CT molecular complexity index is 436. The monoisotopic (exact) mass is 280 g/mol. The summed E-state index contributed by atoms with van der Waals surface area (Å²) in [6.07, 6.45) is 1.91. The zero-order chi connectivity index (χ0) is 13.8. The maximum Gasteiger partial charge on any atom is 0.156 e. The number of anilines is 1. The lowest BCUT2D eigenvalue weighted by Gasteiger charge is -2.33. The summed E-state index contributed by atoms with van der Waals surface area (Å²) in [6, 6.07) is 0. The van der Waals surface area contributed by atoms with E-state index >= 15 is 0 Å². The molecule has 1 fully saturated rings. The summed E-state index contributed by atoms with van der Waals surface area (Å²) in [6.45, 7) is 9.22. The average Bonchev–Trinajstić information content (AvgIpc) is 2.45. The van der Waals surface area contributed by atoms with E-state index in [1.165, 1.54) is 11.1 Å². The van der Waals surface area contributed by atoms with Crippen molar-refractivity contribution in [1.82, 2.24) is 10.2 Å². The lowest BCUT2D eigenvalue weighted by atomic mass is 10.0. The fourth-order valence-electron chi connectivity index (χ4n) is 2.72. The Labute approximate surface area is 120 Å². The predicted octanol–water partition coefficient (Wildman–Crippen LogP) is 2.00. The predicted molar refractivity (Wildman–Crippen MR) is 82.8 cm³/mol. The molecule has 106 valence electrons. The normalized spacial score (nSPS) is 19.8. The molecule has 2 N–H and O–H groups in total. The minimum Gasteiger partial charge on any atom is -0.353 e. The highest BCUT2D eigenvalue weighted by Gasteiger charge is 2.22. The third kappa shape index (κ3) is 3.03. The summed E-state index contributed by atoms with van der Waals surface area (Å²) >= 11 is 2.03. The summed E-state index contributed by atoms with van der Waals surface area (Å²) in [4.78, 5) is 2.36. The fourth-order valence-corrected chi connectivity index (χ4v) is 3.73. The lowest BCUT2D eigenvalue weighted by molar-refractivity contribution is 0.735. The third-order valence-electron chi connectivity index (χ3n) is 3.68. The number of nitrogens with two attached hydrogens (primary N) is 1. The van der Waals surface area contributed by atoms with Crippen LogP contribution in [0.3, 0.4) is 0 Å². The molecular formula is C14H24N4S. The minimum absolute atomic E-state index is 0.555. The van der Waals surface area contributed by atoms with Gasteiger partial charge in [-0.05, 0) is 18.4 Å². The molecule has 1 saturated heterocycles. The molecule has 0 aromatic carbocycles. The first kappa shape index (κ1) is 14.6. The Hall–Kier alpha value is -0.810. The topological polar surface area (TPSA) is 55.0 Å². The van der Waals surface area contributed by atoms with Crippen LogP contribution in [-0.4, -0.2) is 34.3 Å². The van der Waals surface area contributed by atoms with Crippen molar-refractivity contribution in [2.75, 3.05) is 23.7 Å². The van der Waals surface area contributed by atoms with Gasteiger partial charge in [-0.1, -0.05) is 20.8 Å². The smallest absolute Gasteiger partial charge is 0.156 e. The Morgan fingerprint density at radius 3 is 2.63 bits per heavy atom. The molecule has 2 rings (SSSR count). The van der Waals surface area contributed by atoms with Crippen molar-refractivity contribution < 1.29 is 0 Å². The van der Waals surface area contributed by atoms with Gasteiger partial charge >= 0.3 is 0 Å². The molecule has 1 aromatic rings. The van der Waals surface area contributed by atoms with Crippen molar-refractivity contribution in [1.29, 1.82) is 0 Å². The van der Waals surface area contributed by atoms with Gasteiger partial charge in [-0.15, -0.1) is 5.10 Å². The summed E-state index contributed by atoms with van der Waals surface area (Å²) < 4.78 is 0. The van der Waals surface area contributed by atoms with Gasteiger partial charge in [0.05, 0.1) is 5.69 Å². The van der Waals surface area contributed by atoms with Crippen LogP contribution in [0.2, 0.25) is 0 Å². The summed E-state index contributed by atoms with van der Waals surface area (Å²) in [5.74, 6) is 2.17. The minimum atomic E-state index is 0.555. The van der Waals surface area contributed by atoms with Gasteiger partial charge < -0.3 is 10.6 Å². The van der Waals surface area contributed by atoms with Crippen LogP contribution in [0.15, 0.2) is 0 Å². The first-order valence-corrected chi connectivity index (χ1v) is 8.20. The highest BCUT2D eigenvalue weighted by Crippen LogP contribution is 2.27. The van der Waals surface area contributed by atoms with Crippen LogP contribution < -0.4 is 10.6 Å². The molecule has 19 heavy (non-hydrogen) atoms. The van der Waals surface area contributed by atoms with Crippen molar-refractivity contribution in [3.05, 3.63) is 16.8 Å². The molecule has 1 aromatic heterocycles. The van der Waals surface area contributed by atoms with Crippen LogP contribution in [0, 0.1) is 0 Å². The molecule has 0 aliphatic carbocycles. The van der Waals surface area contributed by atoms with E-state index in [4.69, 9.17) is 5.73 Å². The molecule has 0 bridgehead atoms. The molecule has 0 amide bonds. The first-order valence-electron chi connectivity index (χ1n) is 7.15. The number of thioether (sulfide) groups is 1. The van der Waals surface area contributed by atoms with Crippen molar-refractivity contribution in [2.24, 2.45) is 5.73 Å². The van der Waals surface area contributed by atoms with Crippen LogP contribution in [0.1, 0.15) is 37.6 Å². The Morgan fingerprint density at radius 1 is 1.26 bits per heavy atom. The first-order chi connectivity index (χ1) is 9.21. The molecule has 1 aliphatic heterocycles. The van der Waals surface area contributed by atoms with Crippen LogP contribution in [0.4, 0.5) is 5.82 Å². The number of hydrogen-bond donors (Lipinski definition) is 1. The Kier molecular flexibility index (Phi) is 5.05. The SMILES string of the molecule is CCc1nnc(N2CCSC(C)C2)c(CN)c1CC. The van der Waals surface area contributed by atoms with Gasteiger partial charge in [-0.3, -0.25) is 0 Å². The van der Waals surface area contributed by atoms with E-state index < -0.39 is 0 Å². The molecular weight excluding hydrogens is 256 g/mol. The number of aryl methyl sites for hydroxylation is 1. The van der Waals surface area contributed by atoms with Gasteiger partial charge in [0.25, 0.3) is 0 Å². The van der Waals surface area contributed by atoms with E-state index in [-0.39, 0.29) is 0 Å². The average molecular weight is 280 g/mol. The fraction of sp³-hybridized carbons (Fsp3) is 0.714. The highest BCUT2D eigenvalue weighted by molar-refractivity contribution is 8.00. The maximum atomic E-state index is 5.99. The van der Waals surface area contributed by atoms with Crippen molar-refractivity contribution in [3.8, 4) is 0 Å². The van der Waals surface area contributed by atoms with Crippen molar-refractivity contribution in [3.63, 3.8) is 0 Å². The molecule has 5 heteroatoms. The van der Waals surface area contributed by atoms with Crippen LogP contribution in [0.5, 0.6) is 0 Å². The second-order valence-corrected chi connectivity index (χ2v) is 6.51. The van der Waals surface area contributed by atoms with Crippen LogP contribution >= 0.6 is 11.8 Å². The molecule has 1 unspecified atom stereocenters. The quantitative estimate of drug-likeness (QED) is 0.914. The van der Waals surface area contributed by atoms with E-state index in [0.717, 1.165) is 43.2 Å². The maximum absolute atomic E-state index is 5.99. The van der Waals surface area contributed by atoms with Crippen LogP contribution in [0.25, 0.3) is 0 Å². The van der Waals surface area contributed by atoms with Crippen molar-refractivity contribution >= 4 is 17.6 Å². The van der Waals surface area contributed by atoms with Crippen LogP contribution in [-0.2, 0) is 19.4 Å². The standard InChI is InChI=1S/C14H24N4S/c1-4-11-12(8-15)14(17-16-13(11)5-2)18-6-7-19-10(3)9-18/h10H,4-9,15H2,1-3H3. The van der Waals surface area contributed by atoms with Gasteiger partial charge in [0.1, 0.15) is 0 Å².